The Hall–Kier alpha value is -2.47. The molecule has 0 atom stereocenters. The Morgan fingerprint density at radius 1 is 1.04 bits per heavy atom. The maximum Gasteiger partial charge on any atom is 0.341 e. The second kappa shape index (κ2) is 8.27. The van der Waals surface area contributed by atoms with Crippen molar-refractivity contribution in [2.45, 2.75) is 35.3 Å². The van der Waals surface area contributed by atoms with Gasteiger partial charge in [0.25, 0.3) is 0 Å². The van der Waals surface area contributed by atoms with Gasteiger partial charge in [-0.3, -0.25) is 4.79 Å². The molecule has 0 aromatic heterocycles. The Labute approximate surface area is 156 Å². The molecule has 2 N–H and O–H groups in total. The van der Waals surface area contributed by atoms with E-state index in [1.165, 1.54) is 0 Å². The Morgan fingerprint density at radius 2 is 1.69 bits per heavy atom. The first-order chi connectivity index (χ1) is 12.6. The van der Waals surface area contributed by atoms with Gasteiger partial charge in [-0.2, -0.15) is 0 Å². The Bertz CT molecular complexity index is 755. The van der Waals surface area contributed by atoms with E-state index in [0.717, 1.165) is 30.6 Å². The molecule has 5 nitrogen and oxygen atoms in total. The summed E-state index contributed by atoms with van der Waals surface area (Å²) in [5.41, 5.74) is 0.678. The van der Waals surface area contributed by atoms with Gasteiger partial charge in [-0.1, -0.05) is 31.0 Å². The Morgan fingerprint density at radius 3 is 2.31 bits per heavy atom. The molecule has 3 rings (SSSR count). The van der Waals surface area contributed by atoms with Crippen molar-refractivity contribution in [3.63, 3.8) is 0 Å². The number of carboxylic acid groups (broad SMARTS) is 1. The number of rotatable bonds is 7. The van der Waals surface area contributed by atoms with Gasteiger partial charge >= 0.3 is 5.97 Å². The van der Waals surface area contributed by atoms with E-state index in [1.807, 2.05) is 30.3 Å². The van der Waals surface area contributed by atoms with Crippen LogP contribution in [0.15, 0.2) is 59.5 Å². The Kier molecular flexibility index (Phi) is 5.83. The highest BCUT2D eigenvalue weighted by Crippen LogP contribution is 2.46. The molecule has 6 heteroatoms. The van der Waals surface area contributed by atoms with Crippen LogP contribution in [0.4, 0.5) is 5.69 Å². The van der Waals surface area contributed by atoms with Crippen molar-refractivity contribution in [1.82, 2.24) is 0 Å². The normalized spacial score (nSPS) is 15.4. The lowest BCUT2D eigenvalue weighted by atomic mass is 10.1. The molecule has 2 aromatic carbocycles. The highest BCUT2D eigenvalue weighted by molar-refractivity contribution is 8.01. The van der Waals surface area contributed by atoms with Crippen LogP contribution in [0.1, 0.15) is 25.7 Å². The molecule has 0 unspecified atom stereocenters. The summed E-state index contributed by atoms with van der Waals surface area (Å²) < 4.78 is 4.67. The average Bonchev–Trinajstić information content (AvgIpc) is 3.12. The highest BCUT2D eigenvalue weighted by Gasteiger charge is 2.42. The number of carbonyl (C=O) groups excluding carboxylic acids is 1. The lowest BCUT2D eigenvalue weighted by Crippen LogP contribution is -2.37. The molecule has 1 amide bonds. The SMILES string of the molecule is O=C(O)COc1ccc(NC(=O)C2(Sc3ccccc3)CCCC2)cc1. The van der Waals surface area contributed by atoms with Gasteiger partial charge in [-0.25, -0.2) is 4.79 Å². The number of nitrogens with one attached hydrogen (secondary N) is 1. The molecular formula is C20H21NO4S. The quantitative estimate of drug-likeness (QED) is 0.763. The van der Waals surface area contributed by atoms with E-state index in [0.29, 0.717) is 11.4 Å². The molecule has 0 saturated heterocycles. The van der Waals surface area contributed by atoms with Crippen LogP contribution in [-0.4, -0.2) is 28.3 Å². The molecule has 0 heterocycles. The fraction of sp³-hybridized carbons (Fsp3) is 0.300. The highest BCUT2D eigenvalue weighted by atomic mass is 32.2. The van der Waals surface area contributed by atoms with Gasteiger partial charge in [0.2, 0.25) is 5.91 Å². The van der Waals surface area contributed by atoms with Crippen molar-refractivity contribution in [1.29, 1.82) is 0 Å². The second-order valence-corrected chi connectivity index (χ2v) is 7.73. The first-order valence-corrected chi connectivity index (χ1v) is 9.39. The summed E-state index contributed by atoms with van der Waals surface area (Å²) in [6.45, 7) is -0.386. The van der Waals surface area contributed by atoms with Gasteiger partial charge in [0.05, 0.1) is 4.75 Å². The first-order valence-electron chi connectivity index (χ1n) is 8.58. The lowest BCUT2D eigenvalue weighted by molar-refractivity contribution is -0.139. The van der Waals surface area contributed by atoms with Crippen molar-refractivity contribution in [2.75, 3.05) is 11.9 Å². The van der Waals surface area contributed by atoms with E-state index in [2.05, 4.69) is 5.32 Å². The van der Waals surface area contributed by atoms with E-state index >= 15 is 0 Å². The molecule has 26 heavy (non-hydrogen) atoms. The van der Waals surface area contributed by atoms with Gasteiger partial charge in [0.15, 0.2) is 6.61 Å². The van der Waals surface area contributed by atoms with Crippen molar-refractivity contribution in [3.05, 3.63) is 54.6 Å². The van der Waals surface area contributed by atoms with Crippen LogP contribution >= 0.6 is 11.8 Å². The van der Waals surface area contributed by atoms with Gasteiger partial charge in [-0.15, -0.1) is 11.8 Å². The monoisotopic (exact) mass is 371 g/mol. The largest absolute Gasteiger partial charge is 0.482 e. The Balaban J connectivity index is 1.67. The number of thioether (sulfide) groups is 1. The molecule has 136 valence electrons. The summed E-state index contributed by atoms with van der Waals surface area (Å²) >= 11 is 1.64. The van der Waals surface area contributed by atoms with Crippen LogP contribution in [-0.2, 0) is 9.59 Å². The molecule has 2 aromatic rings. The van der Waals surface area contributed by atoms with E-state index in [9.17, 15) is 9.59 Å². The molecule has 1 aliphatic rings. The minimum absolute atomic E-state index is 0.0167. The van der Waals surface area contributed by atoms with Crippen LogP contribution in [0.25, 0.3) is 0 Å². The zero-order valence-corrected chi connectivity index (χ0v) is 15.1. The molecule has 1 saturated carbocycles. The molecule has 0 aliphatic heterocycles. The molecule has 1 fully saturated rings. The number of aliphatic carboxylic acids is 1. The minimum Gasteiger partial charge on any atom is -0.482 e. The second-order valence-electron chi connectivity index (χ2n) is 6.28. The van der Waals surface area contributed by atoms with Crippen LogP contribution in [0, 0.1) is 0 Å². The van der Waals surface area contributed by atoms with Gasteiger partial charge in [0.1, 0.15) is 5.75 Å². The van der Waals surface area contributed by atoms with E-state index in [-0.39, 0.29) is 12.5 Å². The van der Waals surface area contributed by atoms with Crippen LogP contribution in [0.2, 0.25) is 0 Å². The van der Waals surface area contributed by atoms with Crippen LogP contribution in [0.5, 0.6) is 5.75 Å². The van der Waals surface area contributed by atoms with E-state index in [4.69, 9.17) is 9.84 Å². The third-order valence-electron chi connectivity index (χ3n) is 4.36. The summed E-state index contributed by atoms with van der Waals surface area (Å²) in [6, 6.07) is 16.8. The van der Waals surface area contributed by atoms with Crippen LogP contribution < -0.4 is 10.1 Å². The summed E-state index contributed by atoms with van der Waals surface area (Å²) in [7, 11) is 0. The zero-order chi connectivity index (χ0) is 18.4. The number of hydrogen-bond donors (Lipinski definition) is 2. The first kappa shape index (κ1) is 18.3. The van der Waals surface area contributed by atoms with E-state index < -0.39 is 10.7 Å². The third kappa shape index (κ3) is 4.58. The number of hydrogen-bond acceptors (Lipinski definition) is 4. The average molecular weight is 371 g/mol. The molecule has 0 spiro atoms. The number of carboxylic acids is 1. The number of ether oxygens (including phenoxy) is 1. The number of anilines is 1. The summed E-state index contributed by atoms with van der Waals surface area (Å²) in [5.74, 6) is -0.550. The third-order valence-corrected chi connectivity index (χ3v) is 5.85. The standard InChI is InChI=1S/C20H21NO4S/c22-18(23)14-25-16-10-8-15(9-11-16)21-19(24)20(12-4-5-13-20)26-17-6-2-1-3-7-17/h1-3,6-11H,4-5,12-14H2,(H,21,24)(H,22,23). The summed E-state index contributed by atoms with van der Waals surface area (Å²) in [4.78, 5) is 24.6. The van der Waals surface area contributed by atoms with Crippen molar-refractivity contribution < 1.29 is 19.4 Å². The lowest BCUT2D eigenvalue weighted by Gasteiger charge is -2.27. The van der Waals surface area contributed by atoms with Crippen molar-refractivity contribution >= 4 is 29.3 Å². The van der Waals surface area contributed by atoms with Gasteiger partial charge in [0, 0.05) is 10.6 Å². The minimum atomic E-state index is -1.02. The van der Waals surface area contributed by atoms with Gasteiger partial charge in [-0.05, 0) is 49.2 Å². The molecule has 1 aliphatic carbocycles. The maximum absolute atomic E-state index is 13.0. The zero-order valence-electron chi connectivity index (χ0n) is 14.3. The van der Waals surface area contributed by atoms with Gasteiger partial charge < -0.3 is 15.2 Å². The molecular weight excluding hydrogens is 350 g/mol. The topological polar surface area (TPSA) is 75.6 Å². The summed E-state index contributed by atoms with van der Waals surface area (Å²) in [6.07, 6.45) is 3.82. The summed E-state index contributed by atoms with van der Waals surface area (Å²) in [5, 5.41) is 11.6. The van der Waals surface area contributed by atoms with Crippen LogP contribution in [0.3, 0.4) is 0 Å². The molecule has 0 radical (unpaired) electrons. The fourth-order valence-electron chi connectivity index (χ4n) is 3.06. The smallest absolute Gasteiger partial charge is 0.341 e. The number of amides is 1. The molecule has 0 bridgehead atoms. The predicted octanol–water partition coefficient (Wildman–Crippen LogP) is 4.19. The van der Waals surface area contributed by atoms with E-state index in [1.54, 1.807) is 36.0 Å². The fourth-order valence-corrected chi connectivity index (χ4v) is 4.44. The van der Waals surface area contributed by atoms with Crippen molar-refractivity contribution in [3.8, 4) is 5.75 Å². The predicted molar refractivity (Wildman–Crippen MR) is 102 cm³/mol. The number of carbonyl (C=O) groups is 2. The maximum atomic E-state index is 13.0. The number of benzene rings is 2. The van der Waals surface area contributed by atoms with Crippen molar-refractivity contribution in [2.24, 2.45) is 0 Å².